The molecule has 0 saturated heterocycles. The van der Waals surface area contributed by atoms with E-state index in [-0.39, 0.29) is 6.61 Å². The minimum Gasteiger partial charge on any atom is -0.490 e. The van der Waals surface area contributed by atoms with Crippen molar-refractivity contribution < 1.29 is 14.6 Å². The second kappa shape index (κ2) is 10.6. The molecule has 4 nitrogen and oxygen atoms in total. The number of para-hydroxylation sites is 1. The first-order valence-electron chi connectivity index (χ1n) is 11.0. The molecule has 1 unspecified atom stereocenters. The summed E-state index contributed by atoms with van der Waals surface area (Å²) in [4.78, 5) is 14.5. The number of rotatable bonds is 9. The molecule has 5 heteroatoms. The predicted octanol–water partition coefficient (Wildman–Crippen LogP) is 6.10. The summed E-state index contributed by atoms with van der Waals surface area (Å²) >= 11 is 6.26. The fourth-order valence-corrected chi connectivity index (χ4v) is 4.65. The number of carboxylic acids is 1. The zero-order valence-electron chi connectivity index (χ0n) is 18.8. The van der Waals surface area contributed by atoms with Gasteiger partial charge in [-0.15, -0.1) is 0 Å². The van der Waals surface area contributed by atoms with E-state index in [0.29, 0.717) is 10.8 Å². The molecule has 0 aliphatic carbocycles. The Balaban J connectivity index is 1.88. The van der Waals surface area contributed by atoms with Crippen molar-refractivity contribution in [3.8, 4) is 5.75 Å². The summed E-state index contributed by atoms with van der Waals surface area (Å²) in [5.74, 6) is -0.532. The van der Waals surface area contributed by atoms with E-state index in [1.165, 1.54) is 0 Å². The van der Waals surface area contributed by atoms with E-state index in [1.807, 2.05) is 109 Å². The quantitative estimate of drug-likeness (QED) is 0.300. The van der Waals surface area contributed by atoms with Crippen molar-refractivity contribution in [1.29, 1.82) is 0 Å². The third-order valence-corrected chi connectivity index (χ3v) is 6.40. The van der Waals surface area contributed by atoms with E-state index >= 15 is 0 Å². The lowest BCUT2D eigenvalue weighted by Gasteiger charge is -2.46. The van der Waals surface area contributed by atoms with Crippen LogP contribution in [0.15, 0.2) is 115 Å². The van der Waals surface area contributed by atoms with Crippen LogP contribution in [0.3, 0.4) is 0 Å². The van der Waals surface area contributed by atoms with Crippen LogP contribution in [0.5, 0.6) is 5.75 Å². The number of ether oxygens (including phenoxy) is 1. The highest BCUT2D eigenvalue weighted by molar-refractivity contribution is 6.32. The smallest absolute Gasteiger partial charge is 0.324 e. The molecular formula is C29H26ClNO3. The Morgan fingerprint density at radius 1 is 0.794 bits per heavy atom. The largest absolute Gasteiger partial charge is 0.490 e. The van der Waals surface area contributed by atoms with Crippen LogP contribution in [0.1, 0.15) is 16.7 Å². The van der Waals surface area contributed by atoms with Gasteiger partial charge in [-0.1, -0.05) is 115 Å². The number of hydrogen-bond donors (Lipinski definition) is 1. The van der Waals surface area contributed by atoms with Gasteiger partial charge in [-0.25, -0.2) is 0 Å². The molecule has 1 N–H and O–H groups in total. The Labute approximate surface area is 205 Å². The summed E-state index contributed by atoms with van der Waals surface area (Å²) in [6.45, 7) is -0.0795. The summed E-state index contributed by atoms with van der Waals surface area (Å²) in [7, 11) is 1.84. The first kappa shape index (κ1) is 23.6. The van der Waals surface area contributed by atoms with Crippen molar-refractivity contribution in [3.05, 3.63) is 137 Å². The van der Waals surface area contributed by atoms with Gasteiger partial charge < -0.3 is 9.84 Å². The molecule has 0 saturated carbocycles. The Morgan fingerprint density at radius 2 is 1.21 bits per heavy atom. The molecule has 0 radical (unpaired) electrons. The molecule has 0 aliphatic heterocycles. The van der Waals surface area contributed by atoms with Crippen molar-refractivity contribution in [2.75, 3.05) is 13.7 Å². The topological polar surface area (TPSA) is 49.8 Å². The second-order valence-electron chi connectivity index (χ2n) is 8.01. The molecular weight excluding hydrogens is 446 g/mol. The summed E-state index contributed by atoms with van der Waals surface area (Å²) in [6, 6.07) is 36.0. The van der Waals surface area contributed by atoms with Crippen LogP contribution >= 0.6 is 11.6 Å². The molecule has 4 aromatic carbocycles. The number of nitrogens with zero attached hydrogens (tertiary/aromatic N) is 1. The molecule has 4 rings (SSSR count). The summed E-state index contributed by atoms with van der Waals surface area (Å²) < 4.78 is 5.93. The number of halogens is 1. The van der Waals surface area contributed by atoms with Crippen LogP contribution in [-0.4, -0.2) is 35.7 Å². The Kier molecular flexibility index (Phi) is 7.31. The Bertz CT molecular complexity index is 1120. The highest BCUT2D eigenvalue weighted by atomic mass is 35.5. The van der Waals surface area contributed by atoms with Crippen LogP contribution in [0.25, 0.3) is 0 Å². The van der Waals surface area contributed by atoms with Crippen LogP contribution in [0, 0.1) is 0 Å². The minimum atomic E-state index is -0.985. The normalized spacial score (nSPS) is 12.3. The van der Waals surface area contributed by atoms with Gasteiger partial charge >= 0.3 is 5.97 Å². The van der Waals surface area contributed by atoms with E-state index in [2.05, 4.69) is 0 Å². The molecule has 0 amide bonds. The maximum atomic E-state index is 12.6. The van der Waals surface area contributed by atoms with Crippen molar-refractivity contribution in [1.82, 2.24) is 4.90 Å². The summed E-state index contributed by atoms with van der Waals surface area (Å²) in [5.41, 5.74) is 1.99. The lowest BCUT2D eigenvalue weighted by atomic mass is 9.75. The molecule has 0 heterocycles. The number of hydrogen-bond acceptors (Lipinski definition) is 3. The maximum Gasteiger partial charge on any atom is 0.324 e. The highest BCUT2D eigenvalue weighted by Crippen LogP contribution is 2.42. The van der Waals surface area contributed by atoms with Gasteiger partial charge in [0.1, 0.15) is 18.4 Å². The molecule has 172 valence electrons. The lowest BCUT2D eigenvalue weighted by molar-refractivity contribution is -0.145. The molecule has 34 heavy (non-hydrogen) atoms. The van der Waals surface area contributed by atoms with Gasteiger partial charge in [-0.05, 0) is 35.9 Å². The average Bonchev–Trinajstić information content (AvgIpc) is 2.87. The minimum absolute atomic E-state index is 0.0795. The first-order chi connectivity index (χ1) is 16.5. The third-order valence-electron chi connectivity index (χ3n) is 6.09. The molecule has 0 aromatic heterocycles. The van der Waals surface area contributed by atoms with E-state index in [9.17, 15) is 9.90 Å². The molecule has 0 fully saturated rings. The van der Waals surface area contributed by atoms with Crippen molar-refractivity contribution in [2.45, 2.75) is 11.6 Å². The standard InChI is InChI=1S/C29H26ClNO3/c1-31(26(28(32)33)21-34-27-20-12-11-19-25(27)30)29(22-13-5-2-6-14-22,23-15-7-3-8-16-23)24-17-9-4-10-18-24/h2-20,26H,21H2,1H3,(H,32,33). The third kappa shape index (κ3) is 4.56. The van der Waals surface area contributed by atoms with Crippen molar-refractivity contribution in [2.24, 2.45) is 0 Å². The van der Waals surface area contributed by atoms with Crippen molar-refractivity contribution in [3.63, 3.8) is 0 Å². The average molecular weight is 472 g/mol. The zero-order chi connectivity index (χ0) is 24.0. The van der Waals surface area contributed by atoms with E-state index in [0.717, 1.165) is 16.7 Å². The van der Waals surface area contributed by atoms with Gasteiger partial charge in [0.25, 0.3) is 0 Å². The second-order valence-corrected chi connectivity index (χ2v) is 8.42. The number of likely N-dealkylation sites (N-methyl/N-ethyl adjacent to an activating group) is 1. The first-order valence-corrected chi connectivity index (χ1v) is 11.4. The fraction of sp³-hybridized carbons (Fsp3) is 0.138. The monoisotopic (exact) mass is 471 g/mol. The number of aliphatic carboxylic acids is 1. The number of carboxylic acid groups (broad SMARTS) is 1. The molecule has 1 atom stereocenters. The van der Waals surface area contributed by atoms with E-state index in [4.69, 9.17) is 16.3 Å². The van der Waals surface area contributed by atoms with Crippen LogP contribution in [-0.2, 0) is 10.3 Å². The van der Waals surface area contributed by atoms with Gasteiger partial charge in [0, 0.05) is 0 Å². The zero-order valence-corrected chi connectivity index (χ0v) is 19.6. The van der Waals surface area contributed by atoms with Gasteiger partial charge in [-0.3, -0.25) is 9.69 Å². The van der Waals surface area contributed by atoms with E-state index in [1.54, 1.807) is 18.2 Å². The molecule has 0 aliphatic rings. The predicted molar refractivity (Wildman–Crippen MR) is 135 cm³/mol. The van der Waals surface area contributed by atoms with Gasteiger partial charge in [0.05, 0.1) is 10.6 Å². The molecule has 0 bridgehead atoms. The molecule has 0 spiro atoms. The van der Waals surface area contributed by atoms with E-state index < -0.39 is 17.6 Å². The van der Waals surface area contributed by atoms with Crippen LogP contribution in [0.2, 0.25) is 5.02 Å². The number of carbonyl (C=O) groups is 1. The summed E-state index contributed by atoms with van der Waals surface area (Å²) in [5, 5.41) is 10.8. The van der Waals surface area contributed by atoms with Crippen LogP contribution < -0.4 is 4.74 Å². The highest BCUT2D eigenvalue weighted by Gasteiger charge is 2.45. The fourth-order valence-electron chi connectivity index (χ4n) is 4.46. The summed E-state index contributed by atoms with van der Waals surface area (Å²) in [6.07, 6.45) is 0. The Morgan fingerprint density at radius 3 is 1.62 bits per heavy atom. The van der Waals surface area contributed by atoms with Crippen molar-refractivity contribution >= 4 is 17.6 Å². The lowest BCUT2D eigenvalue weighted by Crippen LogP contribution is -2.55. The van der Waals surface area contributed by atoms with Gasteiger partial charge in [0.15, 0.2) is 0 Å². The SMILES string of the molecule is CN(C(COc1ccccc1Cl)C(=O)O)C(c1ccccc1)(c1ccccc1)c1ccccc1. The maximum absolute atomic E-state index is 12.6. The van der Waals surface area contributed by atoms with Crippen LogP contribution in [0.4, 0.5) is 0 Å². The van der Waals surface area contributed by atoms with Gasteiger partial charge in [-0.2, -0.15) is 0 Å². The number of benzene rings is 4. The molecule has 4 aromatic rings. The Hall–Kier alpha value is -3.60. The van der Waals surface area contributed by atoms with Gasteiger partial charge in [0.2, 0.25) is 0 Å².